The number of hydrogen-bond acceptors (Lipinski definition) is 5. The van der Waals surface area contributed by atoms with E-state index < -0.39 is 0 Å². The van der Waals surface area contributed by atoms with Gasteiger partial charge in [0.2, 0.25) is 0 Å². The number of nitrogens with zero attached hydrogens (tertiary/aromatic N) is 3. The molecule has 3 rings (SSSR count). The lowest BCUT2D eigenvalue weighted by Crippen LogP contribution is -2.53. The summed E-state index contributed by atoms with van der Waals surface area (Å²) < 4.78 is 5.36. The summed E-state index contributed by atoms with van der Waals surface area (Å²) in [7, 11) is 0. The van der Waals surface area contributed by atoms with E-state index in [4.69, 9.17) is 4.74 Å². The Morgan fingerprint density at radius 3 is 2.79 bits per heavy atom. The molecule has 0 saturated carbocycles. The van der Waals surface area contributed by atoms with E-state index in [0.717, 1.165) is 5.69 Å². The Morgan fingerprint density at radius 1 is 1.21 bits per heavy atom. The van der Waals surface area contributed by atoms with Gasteiger partial charge in [-0.05, 0) is 24.3 Å². The molecule has 0 aliphatic carbocycles. The van der Waals surface area contributed by atoms with Crippen LogP contribution in [0.4, 0.5) is 5.69 Å². The molecule has 0 bridgehead atoms. The van der Waals surface area contributed by atoms with Gasteiger partial charge in [0.1, 0.15) is 11.8 Å². The highest BCUT2D eigenvalue weighted by atomic mass is 16.5. The summed E-state index contributed by atoms with van der Waals surface area (Å²) in [5.41, 5.74) is 1.40. The molecule has 96 valence electrons. The summed E-state index contributed by atoms with van der Waals surface area (Å²) in [5, 5.41) is 0. The number of rotatable bonds is 3. The van der Waals surface area contributed by atoms with Gasteiger partial charge < -0.3 is 9.64 Å². The fraction of sp³-hybridized carbons (Fsp3) is 0.214. The van der Waals surface area contributed by atoms with Crippen molar-refractivity contribution in [3.05, 3.63) is 54.6 Å². The zero-order valence-corrected chi connectivity index (χ0v) is 10.3. The summed E-state index contributed by atoms with van der Waals surface area (Å²) in [6.07, 6.45) is 5.05. The highest BCUT2D eigenvalue weighted by molar-refractivity contribution is 5.87. The zero-order valence-electron chi connectivity index (χ0n) is 10.3. The molecule has 0 aromatic carbocycles. The standard InChI is InChI=1S/C14H13N3O2/c18-14(13-5-1-2-7-16-13)19-12-9-17(10-12)11-4-3-6-15-8-11/h1-8,12H,9-10H2. The van der Waals surface area contributed by atoms with Crippen LogP contribution in [0, 0.1) is 0 Å². The van der Waals surface area contributed by atoms with Gasteiger partial charge in [0.15, 0.2) is 0 Å². The van der Waals surface area contributed by atoms with Crippen LogP contribution in [0.3, 0.4) is 0 Å². The van der Waals surface area contributed by atoms with Gasteiger partial charge in [0, 0.05) is 12.4 Å². The molecular formula is C14H13N3O2. The Bertz CT molecular complexity index is 553. The summed E-state index contributed by atoms with van der Waals surface area (Å²) >= 11 is 0. The van der Waals surface area contributed by atoms with Gasteiger partial charge in [-0.15, -0.1) is 0 Å². The van der Waals surface area contributed by atoms with Crippen LogP contribution in [0.2, 0.25) is 0 Å². The number of carbonyl (C=O) groups excluding carboxylic acids is 1. The zero-order chi connectivity index (χ0) is 13.1. The van der Waals surface area contributed by atoms with Crippen LogP contribution >= 0.6 is 0 Å². The Balaban J connectivity index is 1.54. The van der Waals surface area contributed by atoms with Crippen molar-refractivity contribution in [3.8, 4) is 0 Å². The lowest BCUT2D eigenvalue weighted by Gasteiger charge is -2.39. The molecule has 0 amide bonds. The Morgan fingerprint density at radius 2 is 2.11 bits per heavy atom. The molecule has 19 heavy (non-hydrogen) atoms. The molecule has 5 nitrogen and oxygen atoms in total. The van der Waals surface area contributed by atoms with E-state index in [2.05, 4.69) is 14.9 Å². The molecule has 0 unspecified atom stereocenters. The fourth-order valence-electron chi connectivity index (χ4n) is 1.96. The number of hydrogen-bond donors (Lipinski definition) is 0. The lowest BCUT2D eigenvalue weighted by molar-refractivity contribution is 0.0227. The Kier molecular flexibility index (Phi) is 3.10. The van der Waals surface area contributed by atoms with Crippen LogP contribution in [-0.2, 0) is 4.74 Å². The maximum Gasteiger partial charge on any atom is 0.357 e. The van der Waals surface area contributed by atoms with Crippen molar-refractivity contribution in [1.82, 2.24) is 9.97 Å². The van der Waals surface area contributed by atoms with E-state index in [-0.39, 0.29) is 12.1 Å². The first kappa shape index (κ1) is 11.6. The Labute approximate surface area is 110 Å². The summed E-state index contributed by atoms with van der Waals surface area (Å²) in [6.45, 7) is 1.40. The minimum atomic E-state index is -0.364. The molecule has 0 N–H and O–H groups in total. The van der Waals surface area contributed by atoms with E-state index in [9.17, 15) is 4.79 Å². The SMILES string of the molecule is O=C(OC1CN(c2cccnc2)C1)c1ccccn1. The van der Waals surface area contributed by atoms with Gasteiger partial charge in [-0.1, -0.05) is 6.07 Å². The van der Waals surface area contributed by atoms with Crippen molar-refractivity contribution in [2.45, 2.75) is 6.10 Å². The van der Waals surface area contributed by atoms with Crippen molar-refractivity contribution in [2.75, 3.05) is 18.0 Å². The van der Waals surface area contributed by atoms with Gasteiger partial charge in [-0.25, -0.2) is 9.78 Å². The van der Waals surface area contributed by atoms with Gasteiger partial charge in [0.25, 0.3) is 0 Å². The quantitative estimate of drug-likeness (QED) is 0.778. The summed E-state index contributed by atoms with van der Waals surface area (Å²) in [6, 6.07) is 9.07. The van der Waals surface area contributed by atoms with Crippen molar-refractivity contribution < 1.29 is 9.53 Å². The molecule has 3 heterocycles. The first-order valence-corrected chi connectivity index (χ1v) is 6.10. The van der Waals surface area contributed by atoms with Crippen LogP contribution < -0.4 is 4.90 Å². The summed E-state index contributed by atoms with van der Waals surface area (Å²) in [5.74, 6) is -0.364. The number of anilines is 1. The maximum atomic E-state index is 11.8. The largest absolute Gasteiger partial charge is 0.454 e. The van der Waals surface area contributed by atoms with Crippen molar-refractivity contribution in [2.24, 2.45) is 0 Å². The minimum absolute atomic E-state index is 0.0743. The van der Waals surface area contributed by atoms with E-state index >= 15 is 0 Å². The van der Waals surface area contributed by atoms with E-state index in [1.54, 1.807) is 36.8 Å². The molecule has 2 aromatic rings. The van der Waals surface area contributed by atoms with Crippen LogP contribution in [-0.4, -0.2) is 35.1 Å². The second-order valence-electron chi connectivity index (χ2n) is 4.36. The lowest BCUT2D eigenvalue weighted by atomic mass is 10.1. The normalized spacial score (nSPS) is 14.8. The van der Waals surface area contributed by atoms with Crippen LogP contribution in [0.5, 0.6) is 0 Å². The van der Waals surface area contributed by atoms with Crippen LogP contribution in [0.1, 0.15) is 10.5 Å². The minimum Gasteiger partial charge on any atom is -0.454 e. The highest BCUT2D eigenvalue weighted by Crippen LogP contribution is 2.21. The molecule has 1 aliphatic rings. The van der Waals surface area contributed by atoms with Crippen LogP contribution in [0.25, 0.3) is 0 Å². The molecule has 2 aromatic heterocycles. The number of carbonyl (C=O) groups is 1. The third-order valence-corrected chi connectivity index (χ3v) is 3.01. The average Bonchev–Trinajstić information content (AvgIpc) is 2.44. The molecule has 1 fully saturated rings. The molecule has 0 atom stereocenters. The van der Waals surface area contributed by atoms with E-state index in [0.29, 0.717) is 18.8 Å². The third kappa shape index (κ3) is 2.54. The number of ether oxygens (including phenoxy) is 1. The first-order valence-electron chi connectivity index (χ1n) is 6.10. The van der Waals surface area contributed by atoms with E-state index in [1.165, 1.54) is 0 Å². The number of pyridine rings is 2. The second kappa shape index (κ2) is 5.06. The van der Waals surface area contributed by atoms with Crippen LogP contribution in [0.15, 0.2) is 48.9 Å². The summed E-state index contributed by atoms with van der Waals surface area (Å²) in [4.78, 5) is 21.9. The fourth-order valence-corrected chi connectivity index (χ4v) is 1.96. The highest BCUT2D eigenvalue weighted by Gasteiger charge is 2.30. The average molecular weight is 255 g/mol. The topological polar surface area (TPSA) is 55.3 Å². The second-order valence-corrected chi connectivity index (χ2v) is 4.36. The van der Waals surface area contributed by atoms with Gasteiger partial charge in [-0.2, -0.15) is 0 Å². The third-order valence-electron chi connectivity index (χ3n) is 3.01. The maximum absolute atomic E-state index is 11.8. The van der Waals surface area contributed by atoms with Gasteiger partial charge >= 0.3 is 5.97 Å². The van der Waals surface area contributed by atoms with Crippen molar-refractivity contribution in [3.63, 3.8) is 0 Å². The van der Waals surface area contributed by atoms with Crippen molar-refractivity contribution in [1.29, 1.82) is 0 Å². The van der Waals surface area contributed by atoms with Gasteiger partial charge in [0.05, 0.1) is 25.0 Å². The van der Waals surface area contributed by atoms with Crippen molar-refractivity contribution >= 4 is 11.7 Å². The number of esters is 1. The van der Waals surface area contributed by atoms with Gasteiger partial charge in [-0.3, -0.25) is 4.98 Å². The monoisotopic (exact) mass is 255 g/mol. The molecule has 0 spiro atoms. The number of aromatic nitrogens is 2. The predicted octanol–water partition coefficient (Wildman–Crippen LogP) is 1.52. The molecule has 1 saturated heterocycles. The van der Waals surface area contributed by atoms with E-state index in [1.807, 2.05) is 12.1 Å². The molecule has 1 aliphatic heterocycles. The smallest absolute Gasteiger partial charge is 0.357 e. The predicted molar refractivity (Wildman–Crippen MR) is 69.9 cm³/mol. The molecular weight excluding hydrogens is 242 g/mol. The molecule has 5 heteroatoms. The first-order chi connectivity index (χ1) is 9.33. The Hall–Kier alpha value is -2.43. The molecule has 0 radical (unpaired) electrons.